The first-order valence-corrected chi connectivity index (χ1v) is 15.5. The monoisotopic (exact) mass is 624 g/mol. The van der Waals surface area contributed by atoms with Gasteiger partial charge >= 0.3 is 12.2 Å². The summed E-state index contributed by atoms with van der Waals surface area (Å²) in [5, 5.41) is 13.6. The first-order valence-electron chi connectivity index (χ1n) is 15.5. The SMILES string of the molecule is C#CCCCCCCC(=O)NCCN(CCC(=O)NCCNC(=O)OC(C)(C)C)CCC(=O)NCCNC(=O)OC(C)(C)C. The number of unbranched alkanes of at least 4 members (excludes halogenated alkanes) is 4. The molecule has 5 N–H and O–H groups in total. The number of ether oxygens (including phenoxy) is 2. The number of carbonyl (C=O) groups excluding carboxylic acids is 5. The molecule has 0 bridgehead atoms. The standard InChI is InChI=1S/C31H56N6O7/c1-8-9-10-11-12-13-14-25(38)34-21-24-37(22-15-26(39)32-17-19-35-28(41)43-30(2,3)4)23-16-27(40)33-18-20-36-29(42)44-31(5,6)7/h1H,9-24H2,2-7H3,(H,32,39)(H,33,40)(H,34,38)(H,35,41)(H,36,42). The molecule has 0 unspecified atom stereocenters. The quantitative estimate of drug-likeness (QED) is 0.0959. The van der Waals surface area contributed by atoms with E-state index in [0.29, 0.717) is 32.6 Å². The predicted octanol–water partition coefficient (Wildman–Crippen LogP) is 2.44. The number of terminal acetylenes is 1. The highest BCUT2D eigenvalue weighted by molar-refractivity contribution is 5.77. The normalized spacial score (nSPS) is 11.2. The van der Waals surface area contributed by atoms with Crippen LogP contribution in [0.5, 0.6) is 0 Å². The van der Waals surface area contributed by atoms with Gasteiger partial charge in [0.1, 0.15) is 11.2 Å². The minimum Gasteiger partial charge on any atom is -0.444 e. The van der Waals surface area contributed by atoms with Gasteiger partial charge in [0.15, 0.2) is 0 Å². The fourth-order valence-electron chi connectivity index (χ4n) is 3.70. The second-order valence-electron chi connectivity index (χ2n) is 12.4. The van der Waals surface area contributed by atoms with Crippen LogP contribution in [0.4, 0.5) is 9.59 Å². The van der Waals surface area contributed by atoms with Crippen LogP contribution in [-0.2, 0) is 23.9 Å². The van der Waals surface area contributed by atoms with Crippen molar-refractivity contribution in [2.24, 2.45) is 0 Å². The Morgan fingerprint density at radius 2 is 0.977 bits per heavy atom. The van der Waals surface area contributed by atoms with E-state index in [4.69, 9.17) is 15.9 Å². The summed E-state index contributed by atoms with van der Waals surface area (Å²) in [6.45, 7) is 13.2. The van der Waals surface area contributed by atoms with E-state index in [1.165, 1.54) is 0 Å². The molecule has 44 heavy (non-hydrogen) atoms. The molecule has 252 valence electrons. The van der Waals surface area contributed by atoms with E-state index in [1.807, 2.05) is 4.90 Å². The fraction of sp³-hybridized carbons (Fsp3) is 0.774. The molecule has 13 heteroatoms. The van der Waals surface area contributed by atoms with Crippen LogP contribution in [0.3, 0.4) is 0 Å². The Balaban J connectivity index is 4.58. The maximum atomic E-state index is 12.4. The number of hydrogen-bond acceptors (Lipinski definition) is 8. The van der Waals surface area contributed by atoms with Crippen molar-refractivity contribution >= 4 is 29.9 Å². The number of hydrogen-bond donors (Lipinski definition) is 5. The van der Waals surface area contributed by atoms with Crippen LogP contribution in [0.25, 0.3) is 0 Å². The van der Waals surface area contributed by atoms with E-state index in [0.717, 1.165) is 32.1 Å². The van der Waals surface area contributed by atoms with Crippen molar-refractivity contribution in [1.82, 2.24) is 31.5 Å². The van der Waals surface area contributed by atoms with Crippen LogP contribution in [0, 0.1) is 12.3 Å². The molecule has 5 amide bonds. The van der Waals surface area contributed by atoms with Crippen molar-refractivity contribution in [3.05, 3.63) is 0 Å². The lowest BCUT2D eigenvalue weighted by Crippen LogP contribution is -2.41. The highest BCUT2D eigenvalue weighted by Crippen LogP contribution is 2.07. The lowest BCUT2D eigenvalue weighted by atomic mass is 10.1. The van der Waals surface area contributed by atoms with Gasteiger partial charge < -0.3 is 41.0 Å². The number of amides is 5. The Kier molecular flexibility index (Phi) is 21.1. The molecule has 13 nitrogen and oxygen atoms in total. The second kappa shape index (κ2) is 22.9. The number of rotatable bonds is 21. The van der Waals surface area contributed by atoms with E-state index >= 15 is 0 Å². The lowest BCUT2D eigenvalue weighted by Gasteiger charge is -2.22. The topological polar surface area (TPSA) is 167 Å². The third kappa shape index (κ3) is 27.3. The maximum Gasteiger partial charge on any atom is 0.407 e. The minimum atomic E-state index is -0.605. The van der Waals surface area contributed by atoms with Gasteiger partial charge in [-0.05, 0) is 54.4 Å². The zero-order chi connectivity index (χ0) is 33.4. The molecule has 0 fully saturated rings. The van der Waals surface area contributed by atoms with Crippen molar-refractivity contribution < 1.29 is 33.4 Å². The molecule has 0 aromatic rings. The molecule has 0 saturated carbocycles. The van der Waals surface area contributed by atoms with Crippen LogP contribution >= 0.6 is 0 Å². The van der Waals surface area contributed by atoms with Gasteiger partial charge in [0.05, 0.1) is 0 Å². The van der Waals surface area contributed by atoms with Gasteiger partial charge in [0.2, 0.25) is 17.7 Å². The number of nitrogens with one attached hydrogen (secondary N) is 5. The van der Waals surface area contributed by atoms with Crippen LogP contribution < -0.4 is 26.6 Å². The van der Waals surface area contributed by atoms with Crippen LogP contribution in [0.1, 0.15) is 92.9 Å². The Morgan fingerprint density at radius 3 is 1.43 bits per heavy atom. The summed E-state index contributed by atoms with van der Waals surface area (Å²) in [6.07, 6.45) is 9.42. The summed E-state index contributed by atoms with van der Waals surface area (Å²) in [5.41, 5.74) is -1.21. The molecule has 0 atom stereocenters. The Morgan fingerprint density at radius 1 is 0.568 bits per heavy atom. The third-order valence-corrected chi connectivity index (χ3v) is 5.77. The van der Waals surface area contributed by atoms with Crippen molar-refractivity contribution in [3.8, 4) is 12.3 Å². The molecule has 0 aromatic heterocycles. The molecule has 0 aromatic carbocycles. The average Bonchev–Trinajstić information content (AvgIpc) is 2.90. The minimum absolute atomic E-state index is 0.0349. The van der Waals surface area contributed by atoms with Gasteiger partial charge in [0.25, 0.3) is 0 Å². The Labute approximate surface area is 263 Å². The first-order chi connectivity index (χ1) is 20.6. The van der Waals surface area contributed by atoms with Crippen molar-refractivity contribution in [1.29, 1.82) is 0 Å². The van der Waals surface area contributed by atoms with E-state index in [1.54, 1.807) is 41.5 Å². The summed E-state index contributed by atoms with van der Waals surface area (Å²) in [6, 6.07) is 0. The molecule has 0 heterocycles. The Hall–Kier alpha value is -3.53. The molecule has 0 radical (unpaired) electrons. The lowest BCUT2D eigenvalue weighted by molar-refractivity contribution is -0.123. The zero-order valence-electron chi connectivity index (χ0n) is 27.7. The van der Waals surface area contributed by atoms with Crippen molar-refractivity contribution in [3.63, 3.8) is 0 Å². The van der Waals surface area contributed by atoms with E-state index < -0.39 is 23.4 Å². The zero-order valence-corrected chi connectivity index (χ0v) is 27.7. The summed E-state index contributed by atoms with van der Waals surface area (Å²) in [7, 11) is 0. The first kappa shape index (κ1) is 40.5. The second-order valence-corrected chi connectivity index (χ2v) is 12.4. The van der Waals surface area contributed by atoms with E-state index in [2.05, 4.69) is 32.5 Å². The highest BCUT2D eigenvalue weighted by atomic mass is 16.6. The molecule has 0 aliphatic rings. The van der Waals surface area contributed by atoms with Crippen LogP contribution in [0.2, 0.25) is 0 Å². The molecular weight excluding hydrogens is 568 g/mol. The summed E-state index contributed by atoms with van der Waals surface area (Å²) >= 11 is 0. The average molecular weight is 625 g/mol. The van der Waals surface area contributed by atoms with Gasteiger partial charge in [-0.3, -0.25) is 14.4 Å². The largest absolute Gasteiger partial charge is 0.444 e. The summed E-state index contributed by atoms with van der Waals surface area (Å²) in [4.78, 5) is 62.4. The van der Waals surface area contributed by atoms with Gasteiger partial charge in [0, 0.05) is 78.0 Å². The summed E-state index contributed by atoms with van der Waals surface area (Å²) in [5.74, 6) is 2.18. The predicted molar refractivity (Wildman–Crippen MR) is 170 cm³/mol. The van der Waals surface area contributed by atoms with E-state index in [-0.39, 0.29) is 56.7 Å². The van der Waals surface area contributed by atoms with Gasteiger partial charge in [-0.1, -0.05) is 12.8 Å². The third-order valence-electron chi connectivity index (χ3n) is 5.77. The number of alkyl carbamates (subject to hydrolysis) is 2. The molecule has 0 saturated heterocycles. The molecule has 0 aliphatic heterocycles. The highest BCUT2D eigenvalue weighted by Gasteiger charge is 2.17. The molecule has 0 aliphatic carbocycles. The summed E-state index contributed by atoms with van der Waals surface area (Å²) < 4.78 is 10.3. The molecular formula is C31H56N6O7. The van der Waals surface area contributed by atoms with Gasteiger partial charge in [-0.2, -0.15) is 0 Å². The van der Waals surface area contributed by atoms with Crippen molar-refractivity contribution in [2.45, 2.75) is 104 Å². The van der Waals surface area contributed by atoms with Crippen LogP contribution in [0.15, 0.2) is 0 Å². The fourth-order valence-corrected chi connectivity index (χ4v) is 3.70. The smallest absolute Gasteiger partial charge is 0.407 e. The maximum absolute atomic E-state index is 12.4. The van der Waals surface area contributed by atoms with Crippen molar-refractivity contribution in [2.75, 3.05) is 52.4 Å². The van der Waals surface area contributed by atoms with Gasteiger partial charge in [-0.25, -0.2) is 9.59 Å². The van der Waals surface area contributed by atoms with Crippen LogP contribution in [-0.4, -0.2) is 98.4 Å². The molecule has 0 spiro atoms. The molecule has 0 rings (SSSR count). The van der Waals surface area contributed by atoms with E-state index in [9.17, 15) is 24.0 Å². The number of nitrogens with zero attached hydrogens (tertiary/aromatic N) is 1. The number of carbonyl (C=O) groups is 5. The Bertz CT molecular complexity index is 870. The van der Waals surface area contributed by atoms with Gasteiger partial charge in [-0.15, -0.1) is 12.3 Å².